The second-order valence-corrected chi connectivity index (χ2v) is 8.17. The van der Waals surface area contributed by atoms with Crippen molar-refractivity contribution in [3.63, 3.8) is 0 Å². The molecule has 0 radical (unpaired) electrons. The van der Waals surface area contributed by atoms with E-state index in [1.54, 1.807) is 60.7 Å². The van der Waals surface area contributed by atoms with Gasteiger partial charge in [-0.2, -0.15) is 5.26 Å². The van der Waals surface area contributed by atoms with Crippen molar-refractivity contribution in [1.29, 1.82) is 5.26 Å². The van der Waals surface area contributed by atoms with Gasteiger partial charge in [-0.3, -0.25) is 14.5 Å². The average Bonchev–Trinajstić information content (AvgIpc) is 3.18. The topological polar surface area (TPSA) is 90.6 Å². The van der Waals surface area contributed by atoms with Crippen molar-refractivity contribution in [1.82, 2.24) is 0 Å². The number of ether oxygens (including phenoxy) is 1. The summed E-state index contributed by atoms with van der Waals surface area (Å²) >= 11 is 0. The SMILES string of the molecule is COc1cccc(C2/C(=C(/O)c3ccc4ccccc4c3)C(=O)C(=O)N2c2ccc(C#N)cc2)c1. The van der Waals surface area contributed by atoms with Gasteiger partial charge < -0.3 is 9.84 Å². The first-order valence-corrected chi connectivity index (χ1v) is 11.0. The van der Waals surface area contributed by atoms with Gasteiger partial charge in [-0.05, 0) is 58.8 Å². The Hall–Kier alpha value is -4.89. The van der Waals surface area contributed by atoms with Crippen LogP contribution in [0.3, 0.4) is 0 Å². The monoisotopic (exact) mass is 460 g/mol. The van der Waals surface area contributed by atoms with Gasteiger partial charge in [-0.1, -0.05) is 48.5 Å². The lowest BCUT2D eigenvalue weighted by atomic mass is 9.94. The van der Waals surface area contributed by atoms with E-state index < -0.39 is 17.7 Å². The Labute approximate surface area is 201 Å². The zero-order chi connectivity index (χ0) is 24.5. The Morgan fingerprint density at radius 1 is 0.914 bits per heavy atom. The zero-order valence-corrected chi connectivity index (χ0v) is 18.8. The maximum atomic E-state index is 13.3. The van der Waals surface area contributed by atoms with Gasteiger partial charge in [0.2, 0.25) is 0 Å². The standard InChI is InChI=1S/C29H20N2O4/c1-35-24-8-4-7-21(16-24)26-25(27(32)22-12-11-19-5-2-3-6-20(19)15-22)28(33)29(34)31(26)23-13-9-18(17-30)10-14-23/h2-16,26,32H,1H3/b27-25-. The van der Waals surface area contributed by atoms with Gasteiger partial charge in [0.15, 0.2) is 0 Å². The fraction of sp³-hybridized carbons (Fsp3) is 0.0690. The molecule has 1 aliphatic rings. The van der Waals surface area contributed by atoms with Crippen molar-refractivity contribution in [3.8, 4) is 11.8 Å². The summed E-state index contributed by atoms with van der Waals surface area (Å²) in [6.07, 6.45) is 0. The number of ketones is 1. The molecule has 5 rings (SSSR count). The lowest BCUT2D eigenvalue weighted by Gasteiger charge is -2.25. The van der Waals surface area contributed by atoms with E-state index in [9.17, 15) is 14.7 Å². The van der Waals surface area contributed by atoms with Gasteiger partial charge in [-0.25, -0.2) is 0 Å². The molecule has 6 heteroatoms. The van der Waals surface area contributed by atoms with Crippen molar-refractivity contribution in [2.45, 2.75) is 6.04 Å². The minimum Gasteiger partial charge on any atom is -0.507 e. The molecule has 4 aromatic carbocycles. The summed E-state index contributed by atoms with van der Waals surface area (Å²) in [6.45, 7) is 0. The number of anilines is 1. The number of aliphatic hydroxyl groups is 1. The molecule has 0 aliphatic carbocycles. The first kappa shape index (κ1) is 21.9. The average molecular weight is 460 g/mol. The number of amides is 1. The number of carbonyl (C=O) groups is 2. The predicted molar refractivity (Wildman–Crippen MR) is 133 cm³/mol. The molecule has 170 valence electrons. The molecule has 4 aromatic rings. The normalized spacial score (nSPS) is 16.9. The highest BCUT2D eigenvalue weighted by Crippen LogP contribution is 2.43. The van der Waals surface area contributed by atoms with E-state index in [1.165, 1.54) is 12.0 Å². The van der Waals surface area contributed by atoms with Crippen LogP contribution in [0.4, 0.5) is 5.69 Å². The molecular formula is C29H20N2O4. The summed E-state index contributed by atoms with van der Waals surface area (Å²) in [6, 6.07) is 27.7. The van der Waals surface area contributed by atoms with Crippen LogP contribution < -0.4 is 9.64 Å². The summed E-state index contributed by atoms with van der Waals surface area (Å²) in [5.41, 5.74) is 1.91. The number of benzene rings is 4. The molecule has 35 heavy (non-hydrogen) atoms. The van der Waals surface area contributed by atoms with E-state index in [-0.39, 0.29) is 11.3 Å². The molecule has 0 spiro atoms. The lowest BCUT2D eigenvalue weighted by molar-refractivity contribution is -0.132. The molecule has 0 aromatic heterocycles. The summed E-state index contributed by atoms with van der Waals surface area (Å²) in [4.78, 5) is 28.0. The molecule has 1 amide bonds. The molecule has 1 unspecified atom stereocenters. The highest BCUT2D eigenvalue weighted by atomic mass is 16.5. The smallest absolute Gasteiger partial charge is 0.300 e. The van der Waals surface area contributed by atoms with E-state index in [0.29, 0.717) is 28.1 Å². The van der Waals surface area contributed by atoms with Crippen LogP contribution in [-0.4, -0.2) is 23.9 Å². The Morgan fingerprint density at radius 3 is 2.37 bits per heavy atom. The second-order valence-electron chi connectivity index (χ2n) is 8.17. The van der Waals surface area contributed by atoms with Crippen LogP contribution in [0.25, 0.3) is 16.5 Å². The number of hydrogen-bond donors (Lipinski definition) is 1. The minimum atomic E-state index is -0.885. The molecule has 1 aliphatic heterocycles. The highest BCUT2D eigenvalue weighted by molar-refractivity contribution is 6.51. The van der Waals surface area contributed by atoms with Gasteiger partial charge in [-0.15, -0.1) is 0 Å². The quantitative estimate of drug-likeness (QED) is 0.252. The van der Waals surface area contributed by atoms with Crippen molar-refractivity contribution in [2.24, 2.45) is 0 Å². The zero-order valence-electron chi connectivity index (χ0n) is 18.8. The third-order valence-corrected chi connectivity index (χ3v) is 6.15. The van der Waals surface area contributed by atoms with Crippen LogP contribution in [0.2, 0.25) is 0 Å². The van der Waals surface area contributed by atoms with Gasteiger partial charge >= 0.3 is 0 Å². The molecule has 1 heterocycles. The number of rotatable bonds is 4. The number of hydrogen-bond acceptors (Lipinski definition) is 5. The fourth-order valence-electron chi connectivity index (χ4n) is 4.41. The van der Waals surface area contributed by atoms with Gasteiger partial charge in [0.1, 0.15) is 11.5 Å². The van der Waals surface area contributed by atoms with Crippen LogP contribution in [0.1, 0.15) is 22.7 Å². The number of aliphatic hydroxyl groups excluding tert-OH is 1. The lowest BCUT2D eigenvalue weighted by Crippen LogP contribution is -2.29. The van der Waals surface area contributed by atoms with Crippen LogP contribution >= 0.6 is 0 Å². The van der Waals surface area contributed by atoms with Crippen molar-refractivity contribution < 1.29 is 19.4 Å². The largest absolute Gasteiger partial charge is 0.507 e. The van der Waals surface area contributed by atoms with Crippen LogP contribution in [0.15, 0.2) is 96.6 Å². The Morgan fingerprint density at radius 2 is 1.66 bits per heavy atom. The van der Waals surface area contributed by atoms with Gasteiger partial charge in [0.05, 0.1) is 30.4 Å². The summed E-state index contributed by atoms with van der Waals surface area (Å²) in [7, 11) is 1.53. The predicted octanol–water partition coefficient (Wildman–Crippen LogP) is 5.35. The summed E-state index contributed by atoms with van der Waals surface area (Å²) in [5, 5.41) is 22.4. The number of carbonyl (C=O) groups excluding carboxylic acids is 2. The first-order chi connectivity index (χ1) is 17.0. The van der Waals surface area contributed by atoms with Gasteiger partial charge in [0, 0.05) is 11.3 Å². The number of nitriles is 1. The Balaban J connectivity index is 1.73. The second kappa shape index (κ2) is 8.81. The molecular weight excluding hydrogens is 440 g/mol. The Kier molecular flexibility index (Phi) is 5.52. The third-order valence-electron chi connectivity index (χ3n) is 6.15. The summed E-state index contributed by atoms with van der Waals surface area (Å²) < 4.78 is 5.36. The van der Waals surface area contributed by atoms with E-state index in [0.717, 1.165) is 10.8 Å². The molecule has 0 bridgehead atoms. The fourth-order valence-corrected chi connectivity index (χ4v) is 4.41. The van der Waals surface area contributed by atoms with Crippen molar-refractivity contribution in [3.05, 3.63) is 113 Å². The highest BCUT2D eigenvalue weighted by Gasteiger charge is 2.47. The van der Waals surface area contributed by atoms with Crippen molar-refractivity contribution in [2.75, 3.05) is 12.0 Å². The molecule has 6 nitrogen and oxygen atoms in total. The number of nitrogens with zero attached hydrogens (tertiary/aromatic N) is 2. The number of methoxy groups -OCH3 is 1. The van der Waals surface area contributed by atoms with E-state index in [1.807, 2.05) is 36.4 Å². The maximum absolute atomic E-state index is 13.3. The molecule has 1 atom stereocenters. The van der Waals surface area contributed by atoms with Crippen LogP contribution in [0, 0.1) is 11.3 Å². The van der Waals surface area contributed by atoms with Crippen LogP contribution in [0.5, 0.6) is 5.75 Å². The minimum absolute atomic E-state index is 0.0112. The third kappa shape index (κ3) is 3.79. The van der Waals surface area contributed by atoms with Crippen LogP contribution in [-0.2, 0) is 9.59 Å². The maximum Gasteiger partial charge on any atom is 0.300 e. The number of Topliss-reactive ketones (excluding diaryl/α,β-unsaturated/α-hetero) is 1. The van der Waals surface area contributed by atoms with Crippen molar-refractivity contribution >= 4 is 33.9 Å². The molecule has 1 N–H and O–H groups in total. The summed E-state index contributed by atoms with van der Waals surface area (Å²) in [5.74, 6) is -1.24. The van der Waals surface area contributed by atoms with E-state index >= 15 is 0 Å². The molecule has 1 fully saturated rings. The first-order valence-electron chi connectivity index (χ1n) is 11.0. The van der Waals surface area contributed by atoms with E-state index in [2.05, 4.69) is 0 Å². The van der Waals surface area contributed by atoms with E-state index in [4.69, 9.17) is 10.00 Å². The number of fused-ring (bicyclic) bond motifs is 1. The molecule has 0 saturated carbocycles. The molecule has 1 saturated heterocycles. The Bertz CT molecular complexity index is 1550. The van der Waals surface area contributed by atoms with Gasteiger partial charge in [0.25, 0.3) is 11.7 Å².